The largest absolute Gasteiger partial charge is 0.395 e. The van der Waals surface area contributed by atoms with Gasteiger partial charge in [-0.1, -0.05) is 13.8 Å². The zero-order chi connectivity index (χ0) is 10.8. The molecule has 1 atom stereocenters. The number of sulfone groups is 1. The molecule has 0 unspecified atom stereocenters. The van der Waals surface area contributed by atoms with Crippen LogP contribution >= 0.6 is 0 Å². The SMILES string of the molecule is CC(C)[C@@H](CO)N1CCS(=O)(=O)CC1. The van der Waals surface area contributed by atoms with E-state index in [9.17, 15) is 13.5 Å². The minimum absolute atomic E-state index is 0.102. The van der Waals surface area contributed by atoms with Gasteiger partial charge in [-0.15, -0.1) is 0 Å². The van der Waals surface area contributed by atoms with Crippen molar-refractivity contribution in [3.8, 4) is 0 Å². The molecule has 0 amide bonds. The first-order valence-corrected chi connectivity index (χ1v) is 6.84. The van der Waals surface area contributed by atoms with Crippen LogP contribution in [0.3, 0.4) is 0 Å². The average molecular weight is 221 g/mol. The molecule has 0 aromatic rings. The molecule has 1 rings (SSSR count). The van der Waals surface area contributed by atoms with Crippen molar-refractivity contribution in [2.24, 2.45) is 5.92 Å². The average Bonchev–Trinajstić information content (AvgIpc) is 2.08. The summed E-state index contributed by atoms with van der Waals surface area (Å²) in [5.74, 6) is 0.827. The Hall–Kier alpha value is -0.130. The summed E-state index contributed by atoms with van der Waals surface area (Å²) in [5.41, 5.74) is 0. The van der Waals surface area contributed by atoms with E-state index in [-0.39, 0.29) is 24.2 Å². The van der Waals surface area contributed by atoms with Crippen molar-refractivity contribution in [2.75, 3.05) is 31.2 Å². The van der Waals surface area contributed by atoms with Crippen molar-refractivity contribution in [1.82, 2.24) is 4.90 Å². The first-order valence-electron chi connectivity index (χ1n) is 5.01. The standard InChI is InChI=1S/C9H19NO3S/c1-8(2)9(7-11)10-3-5-14(12,13)6-4-10/h8-9,11H,3-7H2,1-2H3/t9-/m1/s1. The Balaban J connectivity index is 2.56. The van der Waals surface area contributed by atoms with Gasteiger partial charge in [0.25, 0.3) is 0 Å². The third-order valence-electron chi connectivity index (χ3n) is 2.80. The summed E-state index contributed by atoms with van der Waals surface area (Å²) in [4.78, 5) is 2.08. The normalized spacial score (nSPS) is 25.1. The summed E-state index contributed by atoms with van der Waals surface area (Å²) in [7, 11) is -2.81. The molecule has 84 valence electrons. The quantitative estimate of drug-likeness (QED) is 0.713. The maximum atomic E-state index is 11.2. The number of nitrogens with zero attached hydrogens (tertiary/aromatic N) is 1. The summed E-state index contributed by atoms with van der Waals surface area (Å²) in [5, 5.41) is 9.19. The topological polar surface area (TPSA) is 57.6 Å². The fraction of sp³-hybridized carbons (Fsp3) is 1.00. The van der Waals surface area contributed by atoms with E-state index >= 15 is 0 Å². The van der Waals surface area contributed by atoms with Crippen molar-refractivity contribution in [3.63, 3.8) is 0 Å². The minimum atomic E-state index is -2.81. The van der Waals surface area contributed by atoms with Gasteiger partial charge in [0.2, 0.25) is 0 Å². The van der Waals surface area contributed by atoms with Crippen molar-refractivity contribution < 1.29 is 13.5 Å². The van der Waals surface area contributed by atoms with Gasteiger partial charge < -0.3 is 5.11 Å². The molecule has 0 bridgehead atoms. The molecule has 1 aliphatic heterocycles. The summed E-state index contributed by atoms with van der Waals surface area (Å²) in [6.07, 6.45) is 0. The van der Waals surface area contributed by atoms with E-state index in [0.29, 0.717) is 19.0 Å². The lowest BCUT2D eigenvalue weighted by Crippen LogP contribution is -2.49. The Morgan fingerprint density at radius 1 is 1.29 bits per heavy atom. The van der Waals surface area contributed by atoms with Gasteiger partial charge in [0.15, 0.2) is 9.84 Å². The van der Waals surface area contributed by atoms with Crippen LogP contribution in [0.15, 0.2) is 0 Å². The van der Waals surface area contributed by atoms with E-state index in [4.69, 9.17) is 0 Å². The van der Waals surface area contributed by atoms with Crippen LogP contribution in [0, 0.1) is 5.92 Å². The van der Waals surface area contributed by atoms with Gasteiger partial charge >= 0.3 is 0 Å². The minimum Gasteiger partial charge on any atom is -0.395 e. The molecule has 1 N–H and O–H groups in total. The van der Waals surface area contributed by atoms with E-state index in [2.05, 4.69) is 4.90 Å². The fourth-order valence-corrected chi connectivity index (χ4v) is 3.04. The van der Waals surface area contributed by atoms with Gasteiger partial charge in [-0.25, -0.2) is 8.42 Å². The molecule has 1 heterocycles. The molecule has 0 radical (unpaired) electrons. The number of aliphatic hydroxyl groups excluding tert-OH is 1. The van der Waals surface area contributed by atoms with Gasteiger partial charge in [-0.2, -0.15) is 0 Å². The number of hydrogen-bond acceptors (Lipinski definition) is 4. The Labute approximate surface area is 85.8 Å². The molecule has 5 heteroatoms. The molecule has 0 saturated carbocycles. The second kappa shape index (κ2) is 4.59. The summed E-state index contributed by atoms with van der Waals surface area (Å²) >= 11 is 0. The summed E-state index contributed by atoms with van der Waals surface area (Å²) < 4.78 is 22.4. The molecule has 4 nitrogen and oxygen atoms in total. The van der Waals surface area contributed by atoms with Crippen LogP contribution in [0.25, 0.3) is 0 Å². The monoisotopic (exact) mass is 221 g/mol. The first kappa shape index (κ1) is 11.9. The second-order valence-electron chi connectivity index (χ2n) is 4.18. The van der Waals surface area contributed by atoms with E-state index in [1.807, 2.05) is 13.8 Å². The maximum absolute atomic E-state index is 11.2. The van der Waals surface area contributed by atoms with Crippen LogP contribution in [0.5, 0.6) is 0 Å². The van der Waals surface area contributed by atoms with Crippen LogP contribution in [-0.4, -0.2) is 55.7 Å². The highest BCUT2D eigenvalue weighted by Gasteiger charge is 2.27. The van der Waals surface area contributed by atoms with Crippen molar-refractivity contribution in [3.05, 3.63) is 0 Å². The van der Waals surface area contributed by atoms with Crippen LogP contribution in [0.2, 0.25) is 0 Å². The van der Waals surface area contributed by atoms with E-state index in [1.165, 1.54) is 0 Å². The van der Waals surface area contributed by atoms with Gasteiger partial charge in [0, 0.05) is 19.1 Å². The molecule has 0 aromatic carbocycles. The van der Waals surface area contributed by atoms with E-state index < -0.39 is 9.84 Å². The highest BCUT2D eigenvalue weighted by molar-refractivity contribution is 7.91. The molecule has 14 heavy (non-hydrogen) atoms. The highest BCUT2D eigenvalue weighted by Crippen LogP contribution is 2.14. The molecule has 0 aromatic heterocycles. The number of hydrogen-bond donors (Lipinski definition) is 1. The lowest BCUT2D eigenvalue weighted by Gasteiger charge is -2.35. The van der Waals surface area contributed by atoms with Crippen LogP contribution in [-0.2, 0) is 9.84 Å². The predicted molar refractivity (Wildman–Crippen MR) is 55.9 cm³/mol. The molecular formula is C9H19NO3S. The van der Waals surface area contributed by atoms with E-state index in [0.717, 1.165) is 0 Å². The van der Waals surface area contributed by atoms with E-state index in [1.54, 1.807) is 0 Å². The van der Waals surface area contributed by atoms with Crippen LogP contribution in [0.4, 0.5) is 0 Å². The number of aliphatic hydroxyl groups is 1. The lowest BCUT2D eigenvalue weighted by molar-refractivity contribution is 0.0982. The van der Waals surface area contributed by atoms with Crippen LogP contribution in [0.1, 0.15) is 13.8 Å². The zero-order valence-electron chi connectivity index (χ0n) is 8.81. The van der Waals surface area contributed by atoms with Gasteiger partial charge in [-0.3, -0.25) is 4.90 Å². The predicted octanol–water partition coefficient (Wildman–Crippen LogP) is -0.266. The first-order chi connectivity index (χ1) is 6.46. The molecule has 1 aliphatic rings. The highest BCUT2D eigenvalue weighted by atomic mass is 32.2. The van der Waals surface area contributed by atoms with Gasteiger partial charge in [-0.05, 0) is 5.92 Å². The van der Waals surface area contributed by atoms with Gasteiger partial charge in [0.05, 0.1) is 18.1 Å². The van der Waals surface area contributed by atoms with Crippen molar-refractivity contribution in [1.29, 1.82) is 0 Å². The maximum Gasteiger partial charge on any atom is 0.152 e. The van der Waals surface area contributed by atoms with Crippen molar-refractivity contribution >= 4 is 9.84 Å². The molecule has 0 aliphatic carbocycles. The van der Waals surface area contributed by atoms with Gasteiger partial charge in [0.1, 0.15) is 0 Å². The third-order valence-corrected chi connectivity index (χ3v) is 4.41. The molecular weight excluding hydrogens is 202 g/mol. The Morgan fingerprint density at radius 3 is 2.14 bits per heavy atom. The lowest BCUT2D eigenvalue weighted by atomic mass is 10.0. The summed E-state index contributed by atoms with van der Waals surface area (Å²) in [6, 6.07) is 0.102. The fourth-order valence-electron chi connectivity index (χ4n) is 1.81. The Kier molecular flexibility index (Phi) is 3.92. The zero-order valence-corrected chi connectivity index (χ0v) is 9.63. The van der Waals surface area contributed by atoms with Crippen molar-refractivity contribution in [2.45, 2.75) is 19.9 Å². The summed E-state index contributed by atoms with van der Waals surface area (Å²) in [6.45, 7) is 5.32. The third kappa shape index (κ3) is 2.93. The second-order valence-corrected chi connectivity index (χ2v) is 6.49. The number of rotatable bonds is 3. The Bertz CT molecular complexity index is 260. The molecule has 1 fully saturated rings. The molecule has 1 saturated heterocycles. The smallest absolute Gasteiger partial charge is 0.152 e. The Morgan fingerprint density at radius 2 is 1.79 bits per heavy atom. The van der Waals surface area contributed by atoms with Crippen LogP contribution < -0.4 is 0 Å². The molecule has 0 spiro atoms.